The molecule has 4 atom stereocenters. The van der Waals surface area contributed by atoms with Gasteiger partial charge >= 0.3 is 11.9 Å². The summed E-state index contributed by atoms with van der Waals surface area (Å²) >= 11 is 0. The number of H-pyrrole nitrogens is 1. The maximum Gasteiger partial charge on any atom is 0.326 e. The molecule has 0 aromatic carbocycles. The Morgan fingerprint density at radius 3 is 2.13 bits per heavy atom. The lowest BCUT2D eigenvalue weighted by atomic mass is 10.1. The number of guanidine groups is 1. The van der Waals surface area contributed by atoms with Crippen LogP contribution in [0.1, 0.15) is 44.2 Å². The molecule has 0 saturated heterocycles. The minimum Gasteiger partial charge on any atom is -0.481 e. The van der Waals surface area contributed by atoms with Crippen molar-refractivity contribution in [1.29, 1.82) is 0 Å². The van der Waals surface area contributed by atoms with Crippen molar-refractivity contribution in [2.75, 3.05) is 13.1 Å². The van der Waals surface area contributed by atoms with Crippen molar-refractivity contribution in [2.24, 2.45) is 27.9 Å². The Hall–Kier alpha value is -4.25. The van der Waals surface area contributed by atoms with E-state index in [0.29, 0.717) is 31.5 Å². The van der Waals surface area contributed by atoms with Gasteiger partial charge in [0.2, 0.25) is 17.7 Å². The topological polar surface area (TPSA) is 307 Å². The van der Waals surface area contributed by atoms with Crippen molar-refractivity contribution in [3.63, 3.8) is 0 Å². The number of nitrogens with one attached hydrogen (secondary N) is 4. The number of nitrogens with zero attached hydrogens (tertiary/aromatic N) is 2. The van der Waals surface area contributed by atoms with Crippen molar-refractivity contribution in [2.45, 2.75) is 69.1 Å². The van der Waals surface area contributed by atoms with Gasteiger partial charge in [-0.1, -0.05) is 6.42 Å². The molecule has 1 rings (SSSR count). The molecule has 0 radical (unpaired) electrons. The Labute approximate surface area is 224 Å². The molecule has 4 unspecified atom stereocenters. The zero-order valence-corrected chi connectivity index (χ0v) is 21.5. The van der Waals surface area contributed by atoms with Gasteiger partial charge in [-0.2, -0.15) is 0 Å². The Balaban J connectivity index is 3.00. The standard InChI is InChI=1S/C22H38N10O7/c23-6-2-1-4-13(24)18(35)30-14(5-3-7-28-22(25)26)19(36)31-15(9-17(33)34)20(37)32-16(21(38)39)8-12-10-27-11-29-12/h10-11,13-16H,1-9,23-24H2,(H,27,29)(H,30,35)(H,31,36)(H,32,37)(H,33,34)(H,38,39)(H4,25,26,28). The van der Waals surface area contributed by atoms with Crippen LogP contribution >= 0.6 is 0 Å². The largest absolute Gasteiger partial charge is 0.481 e. The Morgan fingerprint density at radius 1 is 0.923 bits per heavy atom. The minimum absolute atomic E-state index is 0.0306. The second kappa shape index (κ2) is 17.3. The molecule has 0 aliphatic rings. The molecule has 0 bridgehead atoms. The van der Waals surface area contributed by atoms with Crippen molar-refractivity contribution in [3.05, 3.63) is 18.2 Å². The lowest BCUT2D eigenvalue weighted by Gasteiger charge is -2.24. The minimum atomic E-state index is -1.64. The van der Waals surface area contributed by atoms with Crippen LogP contribution in [0.4, 0.5) is 0 Å². The highest BCUT2D eigenvalue weighted by Gasteiger charge is 2.31. The Morgan fingerprint density at radius 2 is 1.56 bits per heavy atom. The lowest BCUT2D eigenvalue weighted by molar-refractivity contribution is -0.143. The smallest absolute Gasteiger partial charge is 0.326 e. The molecule has 0 aliphatic heterocycles. The van der Waals surface area contributed by atoms with Crippen molar-refractivity contribution < 1.29 is 34.2 Å². The van der Waals surface area contributed by atoms with Crippen LogP contribution in [0.15, 0.2) is 17.5 Å². The predicted molar refractivity (Wildman–Crippen MR) is 139 cm³/mol. The monoisotopic (exact) mass is 554 g/mol. The number of aromatic amines is 1. The van der Waals surface area contributed by atoms with Crippen molar-refractivity contribution >= 4 is 35.6 Å². The van der Waals surface area contributed by atoms with Crippen LogP contribution < -0.4 is 38.9 Å². The summed E-state index contributed by atoms with van der Waals surface area (Å²) < 4.78 is 0. The zero-order chi connectivity index (χ0) is 29.4. The molecule has 3 amide bonds. The predicted octanol–water partition coefficient (Wildman–Crippen LogP) is -3.52. The van der Waals surface area contributed by atoms with E-state index < -0.39 is 60.2 Å². The quantitative estimate of drug-likeness (QED) is 0.0452. The van der Waals surface area contributed by atoms with E-state index in [9.17, 15) is 34.2 Å². The van der Waals surface area contributed by atoms with Gasteiger partial charge in [-0.25, -0.2) is 9.78 Å². The highest BCUT2D eigenvalue weighted by molar-refractivity contribution is 5.95. The summed E-state index contributed by atoms with van der Waals surface area (Å²) in [6.45, 7) is 0.569. The maximum atomic E-state index is 13.1. The average molecular weight is 555 g/mol. The van der Waals surface area contributed by atoms with Gasteiger partial charge in [-0.05, 0) is 32.2 Å². The third kappa shape index (κ3) is 13.2. The van der Waals surface area contributed by atoms with E-state index in [1.807, 2.05) is 0 Å². The average Bonchev–Trinajstić information content (AvgIpc) is 3.37. The summed E-state index contributed by atoms with van der Waals surface area (Å²) in [4.78, 5) is 71.9. The zero-order valence-electron chi connectivity index (χ0n) is 21.5. The van der Waals surface area contributed by atoms with Crippen molar-refractivity contribution in [3.8, 4) is 0 Å². The molecule has 14 N–H and O–H groups in total. The SMILES string of the molecule is NCCCCC(N)C(=O)NC(CCCN=C(N)N)C(=O)NC(CC(=O)O)C(=O)NC(Cc1cnc[nH]1)C(=O)O. The number of amides is 3. The molecule has 0 fully saturated rings. The third-order valence-corrected chi connectivity index (χ3v) is 5.49. The number of unbranched alkanes of at least 4 members (excludes halogenated alkanes) is 1. The van der Waals surface area contributed by atoms with Crippen molar-refractivity contribution in [1.82, 2.24) is 25.9 Å². The fourth-order valence-corrected chi connectivity index (χ4v) is 3.44. The van der Waals surface area contributed by atoms with Crippen LogP contribution in [0.5, 0.6) is 0 Å². The molecule has 17 heteroatoms. The van der Waals surface area contributed by atoms with Gasteiger partial charge in [0.05, 0.1) is 18.8 Å². The number of carboxylic acid groups (broad SMARTS) is 2. The number of hydrogen-bond acceptors (Lipinski definition) is 9. The van der Waals surface area contributed by atoms with Crippen LogP contribution in [0, 0.1) is 0 Å². The van der Waals surface area contributed by atoms with Crippen LogP contribution in [0.2, 0.25) is 0 Å². The number of carbonyl (C=O) groups is 5. The molecular weight excluding hydrogens is 516 g/mol. The molecule has 1 aromatic rings. The molecule has 17 nitrogen and oxygen atoms in total. The number of nitrogens with two attached hydrogens (primary N) is 4. The Bertz CT molecular complexity index is 982. The van der Waals surface area contributed by atoms with Crippen LogP contribution in [-0.2, 0) is 30.4 Å². The summed E-state index contributed by atoms with van der Waals surface area (Å²) in [5, 5.41) is 25.8. The molecule has 0 saturated carbocycles. The van der Waals surface area contributed by atoms with Gasteiger partial charge in [-0.15, -0.1) is 0 Å². The highest BCUT2D eigenvalue weighted by atomic mass is 16.4. The van der Waals surface area contributed by atoms with Gasteiger partial charge < -0.3 is 54.1 Å². The van der Waals surface area contributed by atoms with Crippen LogP contribution in [0.25, 0.3) is 0 Å². The fraction of sp³-hybridized carbons (Fsp3) is 0.591. The number of aromatic nitrogens is 2. The van der Waals surface area contributed by atoms with Gasteiger partial charge in [-0.3, -0.25) is 24.2 Å². The molecular formula is C22H38N10O7. The van der Waals surface area contributed by atoms with Gasteiger partial charge in [0.15, 0.2) is 5.96 Å². The second-order valence-electron chi connectivity index (χ2n) is 8.74. The Kier molecular flexibility index (Phi) is 14.5. The molecule has 0 aliphatic carbocycles. The van der Waals surface area contributed by atoms with Gasteiger partial charge in [0, 0.05) is 24.9 Å². The van der Waals surface area contributed by atoms with E-state index >= 15 is 0 Å². The number of carbonyl (C=O) groups excluding carboxylic acids is 3. The number of imidazole rings is 1. The first-order chi connectivity index (χ1) is 18.4. The third-order valence-electron chi connectivity index (χ3n) is 5.49. The van der Waals surface area contributed by atoms with E-state index in [1.54, 1.807) is 0 Å². The summed E-state index contributed by atoms with van der Waals surface area (Å²) in [6, 6.07) is -5.22. The maximum absolute atomic E-state index is 13.1. The van der Waals surface area contributed by atoms with Crippen LogP contribution in [0.3, 0.4) is 0 Å². The second-order valence-corrected chi connectivity index (χ2v) is 8.74. The van der Waals surface area contributed by atoms with E-state index in [2.05, 4.69) is 30.9 Å². The first-order valence-electron chi connectivity index (χ1n) is 12.3. The summed E-state index contributed by atoms with van der Waals surface area (Å²) in [5.41, 5.74) is 22.4. The number of carboxylic acids is 2. The van der Waals surface area contributed by atoms with E-state index in [0.717, 1.165) is 0 Å². The first kappa shape index (κ1) is 32.8. The normalized spacial score (nSPS) is 13.8. The lowest BCUT2D eigenvalue weighted by Crippen LogP contribution is -2.57. The first-order valence-corrected chi connectivity index (χ1v) is 12.3. The highest BCUT2D eigenvalue weighted by Crippen LogP contribution is 2.06. The molecule has 218 valence electrons. The number of aliphatic imine (C=N–C) groups is 1. The van der Waals surface area contributed by atoms with E-state index in [1.165, 1.54) is 12.5 Å². The van der Waals surface area contributed by atoms with Gasteiger partial charge in [0.1, 0.15) is 18.1 Å². The number of aliphatic carboxylic acids is 2. The van der Waals surface area contributed by atoms with Gasteiger partial charge in [0.25, 0.3) is 0 Å². The van der Waals surface area contributed by atoms with E-state index in [-0.39, 0.29) is 31.8 Å². The summed E-state index contributed by atoms with van der Waals surface area (Å²) in [5.74, 6) is -5.51. The number of rotatable bonds is 19. The molecule has 39 heavy (non-hydrogen) atoms. The van der Waals surface area contributed by atoms with E-state index in [4.69, 9.17) is 22.9 Å². The fourth-order valence-electron chi connectivity index (χ4n) is 3.44. The molecule has 1 aromatic heterocycles. The van der Waals surface area contributed by atoms with Crippen LogP contribution in [-0.4, -0.2) is 93.1 Å². The number of hydrogen-bond donors (Lipinski definition) is 10. The summed E-state index contributed by atoms with van der Waals surface area (Å²) in [7, 11) is 0. The molecule has 0 spiro atoms. The summed E-state index contributed by atoms with van der Waals surface area (Å²) in [6.07, 6.45) is 3.54. The molecule has 1 heterocycles.